The molecule has 0 saturated heterocycles. The molecule has 4 heterocycles. The molecule has 0 saturated carbocycles. The summed E-state index contributed by atoms with van der Waals surface area (Å²) in [6.45, 7) is 0. The van der Waals surface area contributed by atoms with Crippen LogP contribution in [0.4, 0.5) is 0 Å². The molecule has 5 heteroatoms. The minimum absolute atomic E-state index is 0.874. The number of pyridine rings is 1. The molecule has 5 nitrogen and oxygen atoms in total. The molecule has 0 unspecified atom stereocenters. The van der Waals surface area contributed by atoms with E-state index >= 15 is 0 Å². The third-order valence-electron chi connectivity index (χ3n) is 3.00. The lowest BCUT2D eigenvalue weighted by atomic mass is 10.4. The SMILES string of the molecule is c1cc(-[n+]2cccn3ccnc32)n2ccnc2c1. The number of hydrogen-bond donors (Lipinski definition) is 0. The second-order valence-electron chi connectivity index (χ2n) is 4.03. The number of aromatic nitrogens is 5. The molecule has 0 spiro atoms. The lowest BCUT2D eigenvalue weighted by molar-refractivity contribution is -0.578. The lowest BCUT2D eigenvalue weighted by Gasteiger charge is -2.03. The van der Waals surface area contributed by atoms with Crippen molar-refractivity contribution in [3.63, 3.8) is 0 Å². The number of imidazole rings is 2. The average molecular weight is 236 g/mol. The molecule has 4 rings (SSSR count). The van der Waals surface area contributed by atoms with Gasteiger partial charge in [-0.05, 0) is 12.1 Å². The molecule has 86 valence electrons. The number of nitrogens with zero attached hydrogens (tertiary/aromatic N) is 5. The van der Waals surface area contributed by atoms with Crippen molar-refractivity contribution in [2.24, 2.45) is 0 Å². The molecule has 0 atom stereocenters. The highest BCUT2D eigenvalue weighted by Gasteiger charge is 2.12. The molecular formula is C13H10N5+. The van der Waals surface area contributed by atoms with E-state index in [0.717, 1.165) is 17.2 Å². The Hall–Kier alpha value is -2.69. The summed E-state index contributed by atoms with van der Waals surface area (Å²) in [7, 11) is 0. The van der Waals surface area contributed by atoms with E-state index in [9.17, 15) is 0 Å². The Balaban J connectivity index is 2.13. The highest BCUT2D eigenvalue weighted by Crippen LogP contribution is 2.06. The first kappa shape index (κ1) is 9.35. The summed E-state index contributed by atoms with van der Waals surface area (Å²) < 4.78 is 6.05. The maximum absolute atomic E-state index is 4.38. The number of fused-ring (bicyclic) bond motifs is 2. The molecule has 4 aromatic rings. The third-order valence-corrected chi connectivity index (χ3v) is 3.00. The zero-order valence-electron chi connectivity index (χ0n) is 9.51. The highest BCUT2D eigenvalue weighted by atomic mass is 15.2. The fraction of sp³-hybridized carbons (Fsp3) is 0. The molecular weight excluding hydrogens is 226 g/mol. The van der Waals surface area contributed by atoms with Crippen LogP contribution in [0.5, 0.6) is 0 Å². The van der Waals surface area contributed by atoms with Crippen molar-refractivity contribution in [1.29, 1.82) is 0 Å². The highest BCUT2D eigenvalue weighted by molar-refractivity contribution is 5.42. The van der Waals surface area contributed by atoms with Crippen LogP contribution in [-0.2, 0) is 0 Å². The Morgan fingerprint density at radius 3 is 2.89 bits per heavy atom. The van der Waals surface area contributed by atoms with E-state index in [-0.39, 0.29) is 0 Å². The van der Waals surface area contributed by atoms with Gasteiger partial charge in [0.2, 0.25) is 5.82 Å². The van der Waals surface area contributed by atoms with Gasteiger partial charge in [0.25, 0.3) is 0 Å². The molecule has 0 bridgehead atoms. The van der Waals surface area contributed by atoms with Gasteiger partial charge in [0, 0.05) is 6.07 Å². The van der Waals surface area contributed by atoms with Gasteiger partial charge in [0.05, 0.1) is 31.0 Å². The first-order valence-electron chi connectivity index (χ1n) is 5.69. The largest absolute Gasteiger partial charge is 0.363 e. The predicted octanol–water partition coefficient (Wildman–Crippen LogP) is 1.26. The Morgan fingerprint density at radius 2 is 1.89 bits per heavy atom. The summed E-state index contributed by atoms with van der Waals surface area (Å²) in [5.74, 6) is 1.89. The van der Waals surface area contributed by atoms with Crippen LogP contribution in [0, 0.1) is 0 Å². The molecule has 0 N–H and O–H groups in total. The summed E-state index contributed by atoms with van der Waals surface area (Å²) in [5, 5.41) is 0. The van der Waals surface area contributed by atoms with Gasteiger partial charge in [0.15, 0.2) is 5.65 Å². The van der Waals surface area contributed by atoms with Crippen molar-refractivity contribution in [1.82, 2.24) is 18.8 Å². The Morgan fingerprint density at radius 1 is 0.944 bits per heavy atom. The topological polar surface area (TPSA) is 38.5 Å². The molecule has 0 aliphatic rings. The Bertz CT molecular complexity index is 770. The molecule has 0 aromatic carbocycles. The maximum Gasteiger partial charge on any atom is 0.363 e. The van der Waals surface area contributed by atoms with Gasteiger partial charge in [-0.25, -0.2) is 13.8 Å². The van der Waals surface area contributed by atoms with Crippen LogP contribution < -0.4 is 4.57 Å². The molecule has 18 heavy (non-hydrogen) atoms. The van der Waals surface area contributed by atoms with E-state index in [2.05, 4.69) is 9.97 Å². The molecule has 0 fully saturated rings. The summed E-state index contributed by atoms with van der Waals surface area (Å²) in [4.78, 5) is 8.67. The molecule has 0 amide bonds. The van der Waals surface area contributed by atoms with Crippen LogP contribution in [0.1, 0.15) is 0 Å². The average Bonchev–Trinajstić information content (AvgIpc) is 3.06. The minimum Gasteiger partial charge on any atom is -0.232 e. The number of hydrogen-bond acceptors (Lipinski definition) is 2. The minimum atomic E-state index is 0.874. The van der Waals surface area contributed by atoms with E-state index in [1.807, 2.05) is 62.4 Å². The van der Waals surface area contributed by atoms with Crippen LogP contribution in [0.2, 0.25) is 0 Å². The van der Waals surface area contributed by atoms with Crippen LogP contribution in [0.25, 0.3) is 17.2 Å². The zero-order valence-corrected chi connectivity index (χ0v) is 9.51. The van der Waals surface area contributed by atoms with Crippen molar-refractivity contribution < 1.29 is 4.57 Å². The number of rotatable bonds is 1. The second-order valence-corrected chi connectivity index (χ2v) is 4.03. The summed E-state index contributed by atoms with van der Waals surface area (Å²) >= 11 is 0. The van der Waals surface area contributed by atoms with Gasteiger partial charge in [0.1, 0.15) is 6.20 Å². The van der Waals surface area contributed by atoms with Crippen molar-refractivity contribution in [3.8, 4) is 5.82 Å². The summed E-state index contributed by atoms with van der Waals surface area (Å²) in [6, 6.07) is 8.01. The van der Waals surface area contributed by atoms with Crippen molar-refractivity contribution in [2.45, 2.75) is 0 Å². The van der Waals surface area contributed by atoms with Crippen molar-refractivity contribution >= 4 is 11.4 Å². The van der Waals surface area contributed by atoms with Crippen molar-refractivity contribution in [3.05, 3.63) is 61.4 Å². The Labute approximate surface area is 103 Å². The zero-order chi connectivity index (χ0) is 11.9. The van der Waals surface area contributed by atoms with Gasteiger partial charge in [-0.2, -0.15) is 4.57 Å². The standard InChI is InChI=1S/C13H10N5/c1-3-11-14-6-10-17(11)12(4-1)18-8-2-7-16-9-5-15-13(16)18/h1-10H/q+1. The summed E-state index contributed by atoms with van der Waals surface area (Å²) in [5.41, 5.74) is 0.925. The summed E-state index contributed by atoms with van der Waals surface area (Å²) in [6.07, 6.45) is 11.4. The van der Waals surface area contributed by atoms with Gasteiger partial charge in [-0.3, -0.25) is 0 Å². The van der Waals surface area contributed by atoms with E-state index < -0.39 is 0 Å². The smallest absolute Gasteiger partial charge is 0.232 e. The molecule has 0 radical (unpaired) electrons. The van der Waals surface area contributed by atoms with Crippen LogP contribution >= 0.6 is 0 Å². The van der Waals surface area contributed by atoms with Gasteiger partial charge in [-0.15, -0.1) is 4.98 Å². The van der Waals surface area contributed by atoms with Gasteiger partial charge < -0.3 is 0 Å². The quantitative estimate of drug-likeness (QED) is 0.467. The van der Waals surface area contributed by atoms with Crippen LogP contribution in [0.15, 0.2) is 61.4 Å². The van der Waals surface area contributed by atoms with Crippen LogP contribution in [0.3, 0.4) is 0 Å². The first-order valence-corrected chi connectivity index (χ1v) is 5.69. The van der Waals surface area contributed by atoms with Gasteiger partial charge in [-0.1, -0.05) is 6.07 Å². The molecule has 0 aliphatic carbocycles. The maximum atomic E-state index is 4.38. The Kier molecular flexibility index (Phi) is 1.77. The monoisotopic (exact) mass is 236 g/mol. The van der Waals surface area contributed by atoms with Gasteiger partial charge >= 0.3 is 5.78 Å². The van der Waals surface area contributed by atoms with Crippen molar-refractivity contribution in [2.75, 3.05) is 0 Å². The molecule has 4 aromatic heterocycles. The first-order chi connectivity index (χ1) is 8.93. The van der Waals surface area contributed by atoms with Crippen LogP contribution in [-0.4, -0.2) is 18.8 Å². The van der Waals surface area contributed by atoms with E-state index in [4.69, 9.17) is 0 Å². The second kappa shape index (κ2) is 3.40. The fourth-order valence-corrected chi connectivity index (χ4v) is 2.20. The van der Waals surface area contributed by atoms with E-state index in [0.29, 0.717) is 0 Å². The normalized spacial score (nSPS) is 11.3. The van der Waals surface area contributed by atoms with E-state index in [1.54, 1.807) is 12.4 Å². The fourth-order valence-electron chi connectivity index (χ4n) is 2.20. The van der Waals surface area contributed by atoms with E-state index in [1.165, 1.54) is 0 Å². The lowest BCUT2D eigenvalue weighted by Crippen LogP contribution is -2.35. The third kappa shape index (κ3) is 1.18. The molecule has 0 aliphatic heterocycles. The predicted molar refractivity (Wildman–Crippen MR) is 65.5 cm³/mol.